The van der Waals surface area contributed by atoms with Gasteiger partial charge in [0.25, 0.3) is 0 Å². The summed E-state index contributed by atoms with van der Waals surface area (Å²) in [7, 11) is 0. The van der Waals surface area contributed by atoms with Crippen molar-refractivity contribution in [2.24, 2.45) is 0 Å². The van der Waals surface area contributed by atoms with E-state index in [1.807, 2.05) is 0 Å². The molecule has 0 bridgehead atoms. The molecule has 0 spiro atoms. The summed E-state index contributed by atoms with van der Waals surface area (Å²) in [5.41, 5.74) is 0.475. The monoisotopic (exact) mass is 267 g/mol. The van der Waals surface area contributed by atoms with Crippen LogP contribution in [0.3, 0.4) is 0 Å². The number of nitrogens with one attached hydrogen (secondary N) is 1. The van der Waals surface area contributed by atoms with Crippen LogP contribution in [0.25, 0.3) is 0 Å². The Morgan fingerprint density at radius 2 is 2.21 bits per heavy atom. The quantitative estimate of drug-likeness (QED) is 0.800. The maximum atomic E-state index is 12.1. The fourth-order valence-electron chi connectivity index (χ4n) is 2.04. The van der Waals surface area contributed by atoms with Gasteiger partial charge in [-0.15, -0.1) is 0 Å². The summed E-state index contributed by atoms with van der Waals surface area (Å²) in [5, 5.41) is 9.32. The van der Waals surface area contributed by atoms with Crippen LogP contribution in [-0.2, 0) is 16.0 Å². The van der Waals surface area contributed by atoms with Gasteiger partial charge < -0.3 is 14.8 Å². The molecule has 0 aromatic carbocycles. The minimum atomic E-state index is -1.11. The van der Waals surface area contributed by atoms with Gasteiger partial charge >= 0.3 is 12.1 Å². The van der Waals surface area contributed by atoms with Gasteiger partial charge in [0.1, 0.15) is 5.60 Å². The Morgan fingerprint density at radius 3 is 2.79 bits per heavy atom. The van der Waals surface area contributed by atoms with Crippen molar-refractivity contribution < 1.29 is 19.4 Å². The van der Waals surface area contributed by atoms with E-state index in [2.05, 4.69) is 9.97 Å². The number of hydrogen-bond donors (Lipinski definition) is 2. The number of aromatic amines is 1. The summed E-state index contributed by atoms with van der Waals surface area (Å²) in [5.74, 6) is -1.11. The fraction of sp³-hybridized carbons (Fsp3) is 0.583. The van der Waals surface area contributed by atoms with Gasteiger partial charge in [0.15, 0.2) is 6.04 Å². The van der Waals surface area contributed by atoms with Crippen LogP contribution in [0, 0.1) is 0 Å². The molecule has 0 radical (unpaired) electrons. The van der Waals surface area contributed by atoms with Crippen molar-refractivity contribution in [3.05, 3.63) is 17.7 Å². The molecular weight excluding hydrogens is 250 g/mol. The zero-order valence-corrected chi connectivity index (χ0v) is 11.1. The maximum absolute atomic E-state index is 12.1. The van der Waals surface area contributed by atoms with Crippen LogP contribution in [0.4, 0.5) is 4.79 Å². The van der Waals surface area contributed by atoms with E-state index in [1.54, 1.807) is 20.8 Å². The minimum absolute atomic E-state index is 0.293. The molecule has 0 saturated carbocycles. The lowest BCUT2D eigenvalue weighted by Gasteiger charge is -2.33. The number of aromatic nitrogens is 2. The molecule has 0 fully saturated rings. The number of fused-ring (bicyclic) bond motifs is 1. The number of hydrogen-bond acceptors (Lipinski definition) is 4. The second-order valence-electron chi connectivity index (χ2n) is 5.43. The van der Waals surface area contributed by atoms with Gasteiger partial charge in [-0.1, -0.05) is 0 Å². The zero-order chi connectivity index (χ0) is 14.2. The van der Waals surface area contributed by atoms with Crippen molar-refractivity contribution >= 4 is 12.1 Å². The first-order chi connectivity index (χ1) is 8.79. The first kappa shape index (κ1) is 13.4. The normalized spacial score (nSPS) is 18.9. The van der Waals surface area contributed by atoms with E-state index in [9.17, 15) is 14.7 Å². The van der Waals surface area contributed by atoms with Gasteiger partial charge in [0.05, 0.1) is 12.0 Å². The number of carbonyl (C=O) groups is 2. The number of aliphatic carboxylic acids is 1. The molecule has 0 aliphatic carbocycles. The van der Waals surface area contributed by atoms with E-state index in [-0.39, 0.29) is 0 Å². The van der Waals surface area contributed by atoms with Crippen LogP contribution in [0.5, 0.6) is 0 Å². The van der Waals surface area contributed by atoms with E-state index in [0.29, 0.717) is 18.7 Å². The zero-order valence-electron chi connectivity index (χ0n) is 11.1. The van der Waals surface area contributed by atoms with Crippen molar-refractivity contribution in [3.63, 3.8) is 0 Å². The van der Waals surface area contributed by atoms with Crippen LogP contribution >= 0.6 is 0 Å². The number of carbonyl (C=O) groups excluding carboxylic acids is 1. The van der Waals surface area contributed by atoms with Crippen molar-refractivity contribution in [3.8, 4) is 0 Å². The smallest absolute Gasteiger partial charge is 0.411 e. The molecule has 0 saturated heterocycles. The molecule has 7 nitrogen and oxygen atoms in total. The van der Waals surface area contributed by atoms with E-state index < -0.39 is 23.7 Å². The summed E-state index contributed by atoms with van der Waals surface area (Å²) < 4.78 is 5.23. The number of H-pyrrole nitrogens is 1. The minimum Gasteiger partial charge on any atom is -0.479 e. The topological polar surface area (TPSA) is 95.5 Å². The van der Waals surface area contributed by atoms with Crippen LogP contribution in [0.2, 0.25) is 0 Å². The molecule has 104 valence electrons. The molecule has 1 aliphatic heterocycles. The third kappa shape index (κ3) is 2.69. The molecule has 7 heteroatoms. The fourth-order valence-corrected chi connectivity index (χ4v) is 2.04. The van der Waals surface area contributed by atoms with E-state index in [4.69, 9.17) is 4.74 Å². The van der Waals surface area contributed by atoms with Crippen LogP contribution in [0.15, 0.2) is 6.33 Å². The summed E-state index contributed by atoms with van der Waals surface area (Å²) in [6.45, 7) is 5.51. The number of imidazole rings is 1. The van der Waals surface area contributed by atoms with Crippen molar-refractivity contribution in [2.45, 2.75) is 38.8 Å². The van der Waals surface area contributed by atoms with Crippen molar-refractivity contribution in [1.82, 2.24) is 14.9 Å². The Bertz CT molecular complexity index is 503. The number of amides is 1. The number of rotatable bonds is 1. The summed E-state index contributed by atoms with van der Waals surface area (Å²) in [4.78, 5) is 31.6. The maximum Gasteiger partial charge on any atom is 0.411 e. The third-order valence-electron chi connectivity index (χ3n) is 2.79. The average Bonchev–Trinajstić information content (AvgIpc) is 2.72. The second-order valence-corrected chi connectivity index (χ2v) is 5.43. The Morgan fingerprint density at radius 1 is 1.53 bits per heavy atom. The predicted molar refractivity (Wildman–Crippen MR) is 65.6 cm³/mol. The molecule has 1 atom stereocenters. The Hall–Kier alpha value is -2.05. The highest BCUT2D eigenvalue weighted by atomic mass is 16.6. The standard InChI is InChI=1S/C12H17N3O4/c1-12(2,3)19-11(18)15-5-4-7-8(14-6-13-7)9(15)10(16)17/h6,9H,4-5H2,1-3H3,(H,13,14)(H,16,17). The highest BCUT2D eigenvalue weighted by molar-refractivity contribution is 5.82. The lowest BCUT2D eigenvalue weighted by Crippen LogP contribution is -2.45. The Labute approximate surface area is 110 Å². The third-order valence-corrected chi connectivity index (χ3v) is 2.79. The highest BCUT2D eigenvalue weighted by Crippen LogP contribution is 2.28. The van der Waals surface area contributed by atoms with Gasteiger partial charge in [-0.3, -0.25) is 4.90 Å². The number of ether oxygens (including phenoxy) is 1. The van der Waals surface area contributed by atoms with Crippen LogP contribution in [-0.4, -0.2) is 44.2 Å². The molecule has 1 unspecified atom stereocenters. The lowest BCUT2D eigenvalue weighted by molar-refractivity contribution is -0.144. The average molecular weight is 267 g/mol. The molecular formula is C12H17N3O4. The number of carboxylic acids is 1. The lowest BCUT2D eigenvalue weighted by atomic mass is 10.0. The molecule has 1 aromatic rings. The van der Waals surface area contributed by atoms with Gasteiger partial charge in [-0.25, -0.2) is 14.6 Å². The van der Waals surface area contributed by atoms with Gasteiger partial charge in [0.2, 0.25) is 0 Å². The SMILES string of the molecule is CC(C)(C)OC(=O)N1CCc2[nH]cnc2C1C(=O)O. The van der Waals surface area contributed by atoms with E-state index in [1.165, 1.54) is 11.2 Å². The summed E-state index contributed by atoms with van der Waals surface area (Å²) in [6.07, 6.45) is 1.35. The number of nitrogens with zero attached hydrogens (tertiary/aromatic N) is 2. The molecule has 2 N–H and O–H groups in total. The van der Waals surface area contributed by atoms with Crippen LogP contribution < -0.4 is 0 Å². The highest BCUT2D eigenvalue weighted by Gasteiger charge is 2.39. The molecule has 1 aromatic heterocycles. The largest absolute Gasteiger partial charge is 0.479 e. The van der Waals surface area contributed by atoms with Crippen LogP contribution in [0.1, 0.15) is 38.2 Å². The summed E-state index contributed by atoms with van der Waals surface area (Å²) >= 11 is 0. The number of carboxylic acid groups (broad SMARTS) is 1. The molecule has 1 amide bonds. The predicted octanol–water partition coefficient (Wildman–Crippen LogP) is 1.33. The Kier molecular flexibility index (Phi) is 3.21. The van der Waals surface area contributed by atoms with E-state index >= 15 is 0 Å². The van der Waals surface area contributed by atoms with Gasteiger partial charge in [0, 0.05) is 18.7 Å². The first-order valence-corrected chi connectivity index (χ1v) is 6.04. The van der Waals surface area contributed by atoms with E-state index in [0.717, 1.165) is 5.69 Å². The molecule has 19 heavy (non-hydrogen) atoms. The molecule has 2 heterocycles. The molecule has 1 aliphatic rings. The Balaban J connectivity index is 2.27. The van der Waals surface area contributed by atoms with Crippen molar-refractivity contribution in [1.29, 1.82) is 0 Å². The van der Waals surface area contributed by atoms with Gasteiger partial charge in [-0.2, -0.15) is 0 Å². The molecule has 2 rings (SSSR count). The van der Waals surface area contributed by atoms with Gasteiger partial charge in [-0.05, 0) is 20.8 Å². The first-order valence-electron chi connectivity index (χ1n) is 6.04. The summed E-state index contributed by atoms with van der Waals surface area (Å²) in [6, 6.07) is -1.09. The second kappa shape index (κ2) is 4.56. The van der Waals surface area contributed by atoms with Crippen molar-refractivity contribution in [2.75, 3.05) is 6.54 Å².